The Labute approximate surface area is 183 Å². The van der Waals surface area contributed by atoms with Gasteiger partial charge in [0.25, 0.3) is 5.97 Å². The molecule has 0 N–H and O–H groups in total. The number of rotatable bonds is 20. The summed E-state index contributed by atoms with van der Waals surface area (Å²) < 4.78 is 19.3. The van der Waals surface area contributed by atoms with Crippen molar-refractivity contribution in [2.45, 2.75) is 126 Å². The molecule has 0 saturated heterocycles. The highest BCUT2D eigenvalue weighted by Crippen LogP contribution is 2.32. The Hall–Kier alpha value is -0.120. The van der Waals surface area contributed by atoms with Crippen molar-refractivity contribution in [3.05, 3.63) is 0 Å². The fraction of sp³-hybridized carbons (Fsp3) is 1.00. The Morgan fingerprint density at radius 3 is 1.28 bits per heavy atom. The van der Waals surface area contributed by atoms with Crippen molar-refractivity contribution in [3.8, 4) is 0 Å². The van der Waals surface area contributed by atoms with Crippen LogP contribution < -0.4 is 0 Å². The fourth-order valence-corrected chi connectivity index (χ4v) is 3.27. The Morgan fingerprint density at radius 2 is 0.897 bits per heavy atom. The van der Waals surface area contributed by atoms with Crippen LogP contribution in [0.4, 0.5) is 0 Å². The lowest BCUT2D eigenvalue weighted by molar-refractivity contribution is -0.405. The Balaban J connectivity index is 4.98. The van der Waals surface area contributed by atoms with Gasteiger partial charge < -0.3 is 14.2 Å². The van der Waals surface area contributed by atoms with Crippen LogP contribution in [0.25, 0.3) is 0 Å². The highest BCUT2D eigenvalue weighted by molar-refractivity contribution is 4.70. The van der Waals surface area contributed by atoms with E-state index in [1.165, 1.54) is 38.5 Å². The summed E-state index contributed by atoms with van der Waals surface area (Å²) in [5.74, 6) is 1.20. The molecule has 0 radical (unpaired) electrons. The first kappa shape index (κ1) is 28.9. The average molecular weight is 415 g/mol. The number of ether oxygens (including phenoxy) is 3. The molecule has 3 heteroatoms. The van der Waals surface area contributed by atoms with Crippen LogP contribution in [-0.2, 0) is 14.2 Å². The minimum Gasteiger partial charge on any atom is -0.327 e. The Morgan fingerprint density at radius 1 is 0.517 bits per heavy atom. The Bertz CT molecular complexity index is 316. The number of hydrogen-bond acceptors (Lipinski definition) is 3. The van der Waals surface area contributed by atoms with Crippen molar-refractivity contribution in [1.29, 1.82) is 0 Å². The highest BCUT2D eigenvalue weighted by atomic mass is 16.9. The van der Waals surface area contributed by atoms with Gasteiger partial charge in [-0.05, 0) is 43.4 Å². The molecule has 0 aliphatic rings. The minimum atomic E-state index is -0.887. The van der Waals surface area contributed by atoms with Crippen molar-refractivity contribution in [2.24, 2.45) is 23.7 Å². The second-order valence-electron chi connectivity index (χ2n) is 10.2. The van der Waals surface area contributed by atoms with E-state index in [-0.39, 0.29) is 5.92 Å². The molecule has 0 aliphatic heterocycles. The van der Waals surface area contributed by atoms with Gasteiger partial charge in [0.05, 0.1) is 19.8 Å². The highest BCUT2D eigenvalue weighted by Gasteiger charge is 2.40. The minimum absolute atomic E-state index is 0.236. The Kier molecular flexibility index (Phi) is 17.5. The predicted octanol–water partition coefficient (Wildman–Crippen LogP) is 8.22. The largest absolute Gasteiger partial charge is 0.327 e. The molecule has 29 heavy (non-hydrogen) atoms. The standard InChI is InChI=1S/C26H54O3/c1-9-10-11-12-13-14-15-25(8)26(27-19-16-22(2)3,28-20-17-23(4)5)29-21-18-24(6)7/h22-25H,9-21H2,1-8H3. The van der Waals surface area contributed by atoms with Crippen LogP contribution in [0.3, 0.4) is 0 Å². The van der Waals surface area contributed by atoms with Gasteiger partial charge in [0.2, 0.25) is 0 Å². The fourth-order valence-electron chi connectivity index (χ4n) is 3.27. The lowest BCUT2D eigenvalue weighted by Crippen LogP contribution is -2.46. The number of hydrogen-bond donors (Lipinski definition) is 0. The molecular formula is C26H54O3. The van der Waals surface area contributed by atoms with E-state index in [9.17, 15) is 0 Å². The molecule has 0 aliphatic carbocycles. The first-order valence-electron chi connectivity index (χ1n) is 12.6. The maximum absolute atomic E-state index is 6.42. The summed E-state index contributed by atoms with van der Waals surface area (Å²) >= 11 is 0. The summed E-state index contributed by atoms with van der Waals surface area (Å²) in [6.07, 6.45) is 12.1. The van der Waals surface area contributed by atoms with Gasteiger partial charge >= 0.3 is 0 Å². The van der Waals surface area contributed by atoms with Crippen LogP contribution in [-0.4, -0.2) is 25.8 Å². The van der Waals surface area contributed by atoms with E-state index >= 15 is 0 Å². The zero-order chi connectivity index (χ0) is 22.1. The summed E-state index contributed by atoms with van der Waals surface area (Å²) in [6.45, 7) is 20.1. The lowest BCUT2D eigenvalue weighted by atomic mass is 9.99. The molecule has 0 aromatic heterocycles. The van der Waals surface area contributed by atoms with Crippen molar-refractivity contribution in [3.63, 3.8) is 0 Å². The molecule has 1 atom stereocenters. The summed E-state index contributed by atoms with van der Waals surface area (Å²) in [5, 5.41) is 0. The topological polar surface area (TPSA) is 27.7 Å². The smallest absolute Gasteiger partial charge is 0.285 e. The quantitative estimate of drug-likeness (QED) is 0.148. The first-order valence-corrected chi connectivity index (χ1v) is 12.6. The molecule has 1 unspecified atom stereocenters. The molecule has 3 nitrogen and oxygen atoms in total. The van der Waals surface area contributed by atoms with Gasteiger partial charge in [-0.1, -0.05) is 93.9 Å². The van der Waals surface area contributed by atoms with E-state index in [1.54, 1.807) is 0 Å². The van der Waals surface area contributed by atoms with Crippen molar-refractivity contribution in [2.75, 3.05) is 19.8 Å². The normalized spacial score (nSPS) is 13.8. The van der Waals surface area contributed by atoms with Crippen LogP contribution in [0, 0.1) is 23.7 Å². The molecule has 0 spiro atoms. The van der Waals surface area contributed by atoms with Crippen molar-refractivity contribution in [1.82, 2.24) is 0 Å². The molecule has 0 aromatic carbocycles. The van der Waals surface area contributed by atoms with E-state index in [1.807, 2.05) is 0 Å². The molecular weight excluding hydrogens is 360 g/mol. The average Bonchev–Trinajstić information content (AvgIpc) is 2.63. The zero-order valence-corrected chi connectivity index (χ0v) is 21.2. The van der Waals surface area contributed by atoms with Gasteiger partial charge in [-0.25, -0.2) is 0 Å². The molecule has 0 bridgehead atoms. The van der Waals surface area contributed by atoms with Gasteiger partial charge in [0.15, 0.2) is 0 Å². The van der Waals surface area contributed by atoms with E-state index in [0.717, 1.165) is 25.7 Å². The van der Waals surface area contributed by atoms with E-state index < -0.39 is 5.97 Å². The molecule has 176 valence electrons. The van der Waals surface area contributed by atoms with Gasteiger partial charge in [-0.3, -0.25) is 0 Å². The van der Waals surface area contributed by atoms with Crippen molar-refractivity contribution < 1.29 is 14.2 Å². The first-order chi connectivity index (χ1) is 13.7. The van der Waals surface area contributed by atoms with E-state index in [2.05, 4.69) is 55.4 Å². The maximum atomic E-state index is 6.42. The number of unbranched alkanes of at least 4 members (excludes halogenated alkanes) is 5. The SMILES string of the molecule is CCCCCCCCC(C)C(OCCC(C)C)(OCCC(C)C)OCCC(C)C. The maximum Gasteiger partial charge on any atom is 0.285 e. The third kappa shape index (κ3) is 15.3. The summed E-state index contributed by atoms with van der Waals surface area (Å²) in [6, 6.07) is 0. The van der Waals surface area contributed by atoms with Gasteiger partial charge in [-0.15, -0.1) is 0 Å². The zero-order valence-electron chi connectivity index (χ0n) is 21.2. The van der Waals surface area contributed by atoms with E-state index in [4.69, 9.17) is 14.2 Å². The van der Waals surface area contributed by atoms with Crippen molar-refractivity contribution >= 4 is 0 Å². The second-order valence-corrected chi connectivity index (χ2v) is 10.2. The molecule has 0 amide bonds. The van der Waals surface area contributed by atoms with Crippen LogP contribution in [0.2, 0.25) is 0 Å². The van der Waals surface area contributed by atoms with Gasteiger partial charge in [-0.2, -0.15) is 0 Å². The summed E-state index contributed by atoms with van der Waals surface area (Å²) in [5.41, 5.74) is 0. The van der Waals surface area contributed by atoms with Crippen LogP contribution in [0.15, 0.2) is 0 Å². The molecule has 0 fully saturated rings. The van der Waals surface area contributed by atoms with Crippen LogP contribution in [0.1, 0.15) is 120 Å². The third-order valence-electron chi connectivity index (χ3n) is 5.59. The van der Waals surface area contributed by atoms with E-state index in [0.29, 0.717) is 37.6 Å². The summed E-state index contributed by atoms with van der Waals surface area (Å²) in [7, 11) is 0. The van der Waals surface area contributed by atoms with Gasteiger partial charge in [0, 0.05) is 5.92 Å². The van der Waals surface area contributed by atoms with Gasteiger partial charge in [0.1, 0.15) is 0 Å². The second kappa shape index (κ2) is 17.5. The van der Waals surface area contributed by atoms with Crippen LogP contribution in [0.5, 0.6) is 0 Å². The van der Waals surface area contributed by atoms with Crippen LogP contribution >= 0.6 is 0 Å². The third-order valence-corrected chi connectivity index (χ3v) is 5.59. The molecule has 0 saturated carbocycles. The molecule has 0 rings (SSSR count). The monoisotopic (exact) mass is 414 g/mol. The predicted molar refractivity (Wildman–Crippen MR) is 126 cm³/mol. The molecule has 0 heterocycles. The summed E-state index contributed by atoms with van der Waals surface area (Å²) in [4.78, 5) is 0. The molecule has 0 aromatic rings. The lowest BCUT2D eigenvalue weighted by Gasteiger charge is -2.39.